The van der Waals surface area contributed by atoms with Crippen molar-refractivity contribution in [1.29, 1.82) is 0 Å². The highest BCUT2D eigenvalue weighted by atomic mass is 15.1. The number of aromatic nitrogens is 1. The predicted octanol–water partition coefficient (Wildman–Crippen LogP) is 17.6. The van der Waals surface area contributed by atoms with Gasteiger partial charge in [0.05, 0.1) is 22.1 Å². The van der Waals surface area contributed by atoms with Crippen molar-refractivity contribution < 1.29 is 0 Å². The van der Waals surface area contributed by atoms with E-state index in [1.165, 1.54) is 99.7 Å². The number of hydrogen-bond donors (Lipinski definition) is 0. The van der Waals surface area contributed by atoms with Gasteiger partial charge in [0.2, 0.25) is 0 Å². The number of fused-ring (bicyclic) bond motifs is 13. The summed E-state index contributed by atoms with van der Waals surface area (Å²) in [5, 5.41) is 2.55. The van der Waals surface area contributed by atoms with E-state index in [2.05, 4.69) is 276 Å². The van der Waals surface area contributed by atoms with E-state index in [1.807, 2.05) is 0 Å². The smallest absolute Gasteiger partial charge is 0.0726 e. The average molecular weight is 877 g/mol. The van der Waals surface area contributed by atoms with Crippen molar-refractivity contribution in [2.45, 2.75) is 5.41 Å². The Morgan fingerprint density at radius 3 is 1.23 bits per heavy atom. The largest absolute Gasteiger partial charge is 0.310 e. The van der Waals surface area contributed by atoms with Gasteiger partial charge < -0.3 is 9.47 Å². The molecule has 1 aromatic heterocycles. The lowest BCUT2D eigenvalue weighted by molar-refractivity contribution is 0.793. The highest BCUT2D eigenvalue weighted by Gasteiger charge is 2.51. The van der Waals surface area contributed by atoms with Gasteiger partial charge in [0, 0.05) is 33.4 Å². The first-order chi connectivity index (χ1) is 34.2. The lowest BCUT2D eigenvalue weighted by Crippen LogP contribution is -2.26. The van der Waals surface area contributed by atoms with Crippen LogP contribution in [-0.4, -0.2) is 4.57 Å². The molecule has 0 N–H and O–H groups in total. The van der Waals surface area contributed by atoms with Crippen molar-refractivity contribution in [3.05, 3.63) is 289 Å². The summed E-state index contributed by atoms with van der Waals surface area (Å²) in [5.41, 5.74) is 24.2. The van der Waals surface area contributed by atoms with E-state index in [0.717, 1.165) is 22.7 Å². The minimum atomic E-state index is -0.440. The molecule has 0 atom stereocenters. The van der Waals surface area contributed by atoms with Crippen molar-refractivity contribution in [2.24, 2.45) is 0 Å². The molecule has 0 radical (unpaired) electrons. The molecule has 0 amide bonds. The maximum atomic E-state index is 2.48. The van der Waals surface area contributed by atoms with E-state index in [-0.39, 0.29) is 0 Å². The monoisotopic (exact) mass is 876 g/mol. The second-order valence-corrected chi connectivity index (χ2v) is 18.4. The normalized spacial score (nSPS) is 12.8. The molecule has 0 unspecified atom stereocenters. The molecule has 2 aliphatic rings. The zero-order valence-corrected chi connectivity index (χ0v) is 37.8. The summed E-state index contributed by atoms with van der Waals surface area (Å²) in [5.74, 6) is 0. The summed E-state index contributed by atoms with van der Waals surface area (Å²) in [4.78, 5) is 2.46. The molecule has 11 aromatic carbocycles. The standard InChI is InChI=1S/C67H44N2/c1-2-16-49(17-3-1)53-18-7-13-27-64(53)68(52-42-43-57-56-21-6-12-26-62(56)67(63(57)44-52)60-24-10-4-19-54(60)55-20-5-11-25-61(55)67)50-38-34-47(35-39-50)45-30-32-46(33-31-45)48-36-40-51(41-37-48)69-65-28-14-8-22-58(65)59-23-9-15-29-66(59)69/h1-44H. The highest BCUT2D eigenvalue weighted by molar-refractivity contribution is 6.09. The molecule has 322 valence electrons. The van der Waals surface area contributed by atoms with Crippen LogP contribution < -0.4 is 4.90 Å². The molecule has 0 aliphatic heterocycles. The number of nitrogens with zero attached hydrogens (tertiary/aromatic N) is 2. The fourth-order valence-electron chi connectivity index (χ4n) is 11.8. The molecule has 0 fully saturated rings. The summed E-state index contributed by atoms with van der Waals surface area (Å²) < 4.78 is 2.37. The lowest BCUT2D eigenvalue weighted by atomic mass is 9.70. The van der Waals surface area contributed by atoms with Crippen LogP contribution in [0.2, 0.25) is 0 Å². The van der Waals surface area contributed by atoms with Crippen LogP contribution in [0, 0.1) is 0 Å². The lowest BCUT2D eigenvalue weighted by Gasteiger charge is -2.32. The molecular weight excluding hydrogens is 833 g/mol. The average Bonchev–Trinajstić information content (AvgIpc) is 4.04. The summed E-state index contributed by atoms with van der Waals surface area (Å²) in [6, 6.07) is 98.4. The van der Waals surface area contributed by atoms with E-state index < -0.39 is 5.41 Å². The van der Waals surface area contributed by atoms with Crippen molar-refractivity contribution in [3.63, 3.8) is 0 Å². The summed E-state index contributed by atoms with van der Waals surface area (Å²) in [6.07, 6.45) is 0. The second-order valence-electron chi connectivity index (χ2n) is 18.4. The Kier molecular flexibility index (Phi) is 8.84. The Morgan fingerprint density at radius 1 is 0.275 bits per heavy atom. The highest BCUT2D eigenvalue weighted by Crippen LogP contribution is 2.63. The van der Waals surface area contributed by atoms with Crippen molar-refractivity contribution in [3.8, 4) is 61.3 Å². The molecule has 2 heteroatoms. The number of para-hydroxylation sites is 3. The van der Waals surface area contributed by atoms with Crippen molar-refractivity contribution >= 4 is 38.9 Å². The van der Waals surface area contributed by atoms with Gasteiger partial charge in [-0.05, 0) is 127 Å². The minimum absolute atomic E-state index is 0.440. The first kappa shape index (κ1) is 39.2. The molecule has 1 heterocycles. The third-order valence-electron chi connectivity index (χ3n) is 14.9. The number of hydrogen-bond acceptors (Lipinski definition) is 1. The molecule has 2 aliphatic carbocycles. The molecule has 2 nitrogen and oxygen atoms in total. The molecule has 14 rings (SSSR count). The Bertz CT molecular complexity index is 3820. The Morgan fingerprint density at radius 2 is 0.681 bits per heavy atom. The molecule has 12 aromatic rings. The van der Waals surface area contributed by atoms with Crippen LogP contribution in [0.25, 0.3) is 83.1 Å². The first-order valence-electron chi connectivity index (χ1n) is 23.9. The van der Waals surface area contributed by atoms with Crippen LogP contribution in [0.4, 0.5) is 17.1 Å². The Balaban J connectivity index is 0.851. The third kappa shape index (κ3) is 5.92. The Hall–Kier alpha value is -8.98. The molecule has 69 heavy (non-hydrogen) atoms. The fourth-order valence-corrected chi connectivity index (χ4v) is 11.8. The van der Waals surface area contributed by atoms with E-state index in [1.54, 1.807) is 0 Å². The van der Waals surface area contributed by atoms with Gasteiger partial charge in [-0.3, -0.25) is 0 Å². The van der Waals surface area contributed by atoms with Crippen LogP contribution >= 0.6 is 0 Å². The first-order valence-corrected chi connectivity index (χ1v) is 23.9. The van der Waals surface area contributed by atoms with Gasteiger partial charge in [0.25, 0.3) is 0 Å². The zero-order valence-electron chi connectivity index (χ0n) is 37.8. The summed E-state index contributed by atoms with van der Waals surface area (Å²) in [6.45, 7) is 0. The molecule has 0 saturated carbocycles. The van der Waals surface area contributed by atoms with E-state index in [4.69, 9.17) is 0 Å². The minimum Gasteiger partial charge on any atom is -0.310 e. The molecular formula is C67H44N2. The molecule has 1 spiro atoms. The van der Waals surface area contributed by atoms with Gasteiger partial charge in [0.15, 0.2) is 0 Å². The van der Waals surface area contributed by atoms with Crippen LogP contribution in [-0.2, 0) is 5.41 Å². The number of rotatable bonds is 7. The Labute approximate surface area is 402 Å². The topological polar surface area (TPSA) is 8.17 Å². The predicted molar refractivity (Wildman–Crippen MR) is 288 cm³/mol. The van der Waals surface area contributed by atoms with Gasteiger partial charge in [-0.2, -0.15) is 0 Å². The van der Waals surface area contributed by atoms with Gasteiger partial charge >= 0.3 is 0 Å². The van der Waals surface area contributed by atoms with E-state index in [9.17, 15) is 0 Å². The molecule has 0 bridgehead atoms. The summed E-state index contributed by atoms with van der Waals surface area (Å²) in [7, 11) is 0. The second kappa shape index (κ2) is 15.6. The quantitative estimate of drug-likeness (QED) is 0.155. The summed E-state index contributed by atoms with van der Waals surface area (Å²) >= 11 is 0. The van der Waals surface area contributed by atoms with Crippen LogP contribution in [0.3, 0.4) is 0 Å². The van der Waals surface area contributed by atoms with Gasteiger partial charge in [0.1, 0.15) is 0 Å². The molecule has 0 saturated heterocycles. The van der Waals surface area contributed by atoms with Crippen molar-refractivity contribution in [1.82, 2.24) is 4.57 Å². The SMILES string of the molecule is c1ccc(-c2ccccc2N(c2ccc(-c3ccc(-c4ccc(-n5c6ccccc6c6ccccc65)cc4)cc3)cc2)c2ccc3c(c2)C2(c4ccccc4-c4ccccc42)c2ccccc2-3)cc1. The number of anilines is 3. The van der Waals surface area contributed by atoms with Crippen molar-refractivity contribution in [2.75, 3.05) is 4.90 Å². The number of benzene rings is 11. The van der Waals surface area contributed by atoms with E-state index in [0.29, 0.717) is 0 Å². The van der Waals surface area contributed by atoms with Crippen LogP contribution in [0.5, 0.6) is 0 Å². The van der Waals surface area contributed by atoms with E-state index >= 15 is 0 Å². The maximum Gasteiger partial charge on any atom is 0.0726 e. The third-order valence-corrected chi connectivity index (χ3v) is 14.9. The van der Waals surface area contributed by atoms with Gasteiger partial charge in [-0.1, -0.05) is 212 Å². The van der Waals surface area contributed by atoms with Crippen LogP contribution in [0.1, 0.15) is 22.3 Å². The van der Waals surface area contributed by atoms with Crippen LogP contribution in [0.15, 0.2) is 267 Å². The fraction of sp³-hybridized carbons (Fsp3) is 0.0149. The van der Waals surface area contributed by atoms with Gasteiger partial charge in [-0.25, -0.2) is 0 Å². The zero-order chi connectivity index (χ0) is 45.5. The maximum absolute atomic E-state index is 2.48. The van der Waals surface area contributed by atoms with Gasteiger partial charge in [-0.15, -0.1) is 0 Å².